The van der Waals surface area contributed by atoms with E-state index in [1.165, 1.54) is 60.7 Å². The molecular weight excluding hydrogens is 466 g/mol. The van der Waals surface area contributed by atoms with Crippen LogP contribution in [-0.4, -0.2) is 23.4 Å². The molecule has 0 bridgehead atoms. The van der Waals surface area contributed by atoms with E-state index in [1.54, 1.807) is 12.1 Å². The van der Waals surface area contributed by atoms with Crippen LogP contribution in [0.1, 0.15) is 52.6 Å². The minimum atomic E-state index is -0.822. The van der Waals surface area contributed by atoms with E-state index in [4.69, 9.17) is 0 Å². The van der Waals surface area contributed by atoms with Gasteiger partial charge in [-0.25, -0.2) is 8.78 Å². The summed E-state index contributed by atoms with van der Waals surface area (Å²) in [7, 11) is 0. The van der Waals surface area contributed by atoms with Crippen molar-refractivity contribution in [3.05, 3.63) is 130 Å². The smallest absolute Gasteiger partial charge is 0.258 e. The van der Waals surface area contributed by atoms with Crippen molar-refractivity contribution >= 4 is 34.8 Å². The van der Waals surface area contributed by atoms with Crippen molar-refractivity contribution < 1.29 is 28.0 Å². The molecule has 0 saturated heterocycles. The maximum atomic E-state index is 14.2. The third kappa shape index (κ3) is 3.84. The molecule has 0 heterocycles. The normalized spacial score (nSPS) is 11.9. The third-order valence-corrected chi connectivity index (χ3v) is 5.81. The molecule has 8 heteroatoms. The van der Waals surface area contributed by atoms with E-state index in [1.807, 2.05) is 0 Å². The molecule has 6 nitrogen and oxygen atoms in total. The fraction of sp³-hybridized carbons (Fsp3) is 0. The number of hydrogen-bond acceptors (Lipinski definition) is 4. The predicted octanol–water partition coefficient (Wildman–Crippen LogP) is 5.24. The summed E-state index contributed by atoms with van der Waals surface area (Å²) in [6.45, 7) is 0. The van der Waals surface area contributed by atoms with Crippen LogP contribution in [0.4, 0.5) is 20.2 Å². The molecule has 0 spiro atoms. The number of nitrogens with one attached hydrogen (secondary N) is 2. The van der Waals surface area contributed by atoms with E-state index in [0.717, 1.165) is 12.1 Å². The first-order valence-corrected chi connectivity index (χ1v) is 10.8. The first-order chi connectivity index (χ1) is 17.4. The van der Waals surface area contributed by atoms with Gasteiger partial charge in [0.15, 0.2) is 11.6 Å². The quantitative estimate of drug-likeness (QED) is 0.366. The molecule has 0 aliphatic heterocycles. The first-order valence-electron chi connectivity index (χ1n) is 10.8. The Morgan fingerprint density at radius 1 is 0.528 bits per heavy atom. The van der Waals surface area contributed by atoms with Crippen LogP contribution in [0.25, 0.3) is 0 Å². The molecule has 1 aliphatic rings. The average Bonchev–Trinajstić information content (AvgIpc) is 2.88. The van der Waals surface area contributed by atoms with Gasteiger partial charge in [-0.1, -0.05) is 48.5 Å². The summed E-state index contributed by atoms with van der Waals surface area (Å²) in [5.41, 5.74) is -0.645. The number of halogens is 2. The second-order valence-electron chi connectivity index (χ2n) is 7.98. The molecule has 0 fully saturated rings. The Labute approximate surface area is 203 Å². The molecule has 4 aromatic carbocycles. The zero-order valence-electron chi connectivity index (χ0n) is 18.5. The van der Waals surface area contributed by atoms with Crippen LogP contribution in [0, 0.1) is 11.6 Å². The summed E-state index contributed by atoms with van der Waals surface area (Å²) in [6.07, 6.45) is 0. The largest absolute Gasteiger partial charge is 0.321 e. The highest BCUT2D eigenvalue weighted by molar-refractivity contribution is 6.33. The predicted molar refractivity (Wildman–Crippen MR) is 128 cm³/mol. The van der Waals surface area contributed by atoms with Crippen LogP contribution in [-0.2, 0) is 0 Å². The molecular formula is C28H16F2N2O4. The molecule has 36 heavy (non-hydrogen) atoms. The van der Waals surface area contributed by atoms with Gasteiger partial charge >= 0.3 is 0 Å². The van der Waals surface area contributed by atoms with Crippen LogP contribution in [0.5, 0.6) is 0 Å². The molecule has 2 N–H and O–H groups in total. The highest BCUT2D eigenvalue weighted by atomic mass is 19.1. The molecule has 5 rings (SSSR count). The van der Waals surface area contributed by atoms with E-state index in [9.17, 15) is 28.0 Å². The van der Waals surface area contributed by atoms with Gasteiger partial charge in [0.2, 0.25) is 0 Å². The Hall–Kier alpha value is -4.98. The first kappa shape index (κ1) is 22.8. The SMILES string of the molecule is O=C(Nc1ccc(NC(=O)c2ccccc2F)c2c1C(=O)c1ccccc1C2=O)c1ccccc1F. The minimum Gasteiger partial charge on any atom is -0.321 e. The summed E-state index contributed by atoms with van der Waals surface area (Å²) in [4.78, 5) is 52.5. The van der Waals surface area contributed by atoms with Crippen molar-refractivity contribution in [2.24, 2.45) is 0 Å². The summed E-state index contributed by atoms with van der Waals surface area (Å²) < 4.78 is 28.3. The fourth-order valence-electron chi connectivity index (χ4n) is 4.10. The second kappa shape index (κ2) is 8.99. The van der Waals surface area contributed by atoms with Crippen molar-refractivity contribution in [2.75, 3.05) is 10.6 Å². The number of fused-ring (bicyclic) bond motifs is 2. The van der Waals surface area contributed by atoms with Gasteiger partial charge in [0, 0.05) is 11.1 Å². The van der Waals surface area contributed by atoms with Crippen molar-refractivity contribution in [3.63, 3.8) is 0 Å². The molecule has 0 unspecified atom stereocenters. The number of hydrogen-bond donors (Lipinski definition) is 2. The van der Waals surface area contributed by atoms with E-state index < -0.39 is 35.0 Å². The average molecular weight is 482 g/mol. The number of carbonyl (C=O) groups is 4. The van der Waals surface area contributed by atoms with E-state index in [-0.39, 0.29) is 44.8 Å². The van der Waals surface area contributed by atoms with Crippen molar-refractivity contribution in [3.8, 4) is 0 Å². The lowest BCUT2D eigenvalue weighted by atomic mass is 9.82. The highest BCUT2D eigenvalue weighted by Gasteiger charge is 2.35. The number of amides is 2. The maximum Gasteiger partial charge on any atom is 0.258 e. The standard InChI is InChI=1S/C28H16F2N2O4/c29-19-11-5-3-9-17(19)27(35)31-21-13-14-22(32-28(36)18-10-4-6-12-20(18)30)24-23(21)25(33)15-7-1-2-8-16(15)26(24)34/h1-14H,(H,31,35)(H,32,36). The molecule has 176 valence electrons. The van der Waals surface area contributed by atoms with Gasteiger partial charge in [0.05, 0.1) is 33.6 Å². The van der Waals surface area contributed by atoms with Crippen LogP contribution in [0.15, 0.2) is 84.9 Å². The number of anilines is 2. The zero-order valence-corrected chi connectivity index (χ0v) is 18.5. The van der Waals surface area contributed by atoms with Crippen LogP contribution < -0.4 is 10.6 Å². The van der Waals surface area contributed by atoms with Crippen LogP contribution in [0.3, 0.4) is 0 Å². The van der Waals surface area contributed by atoms with Gasteiger partial charge in [-0.15, -0.1) is 0 Å². The van der Waals surface area contributed by atoms with Crippen LogP contribution in [0.2, 0.25) is 0 Å². The highest BCUT2D eigenvalue weighted by Crippen LogP contribution is 2.37. The Bertz CT molecular complexity index is 1480. The number of ketones is 2. The lowest BCUT2D eigenvalue weighted by molar-refractivity contribution is 0.0977. The third-order valence-electron chi connectivity index (χ3n) is 5.81. The zero-order chi connectivity index (χ0) is 25.4. The lowest BCUT2D eigenvalue weighted by Crippen LogP contribution is -2.26. The van der Waals surface area contributed by atoms with E-state index in [2.05, 4.69) is 10.6 Å². The van der Waals surface area contributed by atoms with Gasteiger partial charge in [0.25, 0.3) is 11.8 Å². The minimum absolute atomic E-state index is 0.0324. The molecule has 1 aliphatic carbocycles. The van der Waals surface area contributed by atoms with Gasteiger partial charge in [-0.3, -0.25) is 19.2 Å². The van der Waals surface area contributed by atoms with Crippen molar-refractivity contribution in [2.45, 2.75) is 0 Å². The fourth-order valence-corrected chi connectivity index (χ4v) is 4.10. The summed E-state index contributed by atoms with van der Waals surface area (Å²) >= 11 is 0. The van der Waals surface area contributed by atoms with Gasteiger partial charge in [0.1, 0.15) is 11.6 Å². The summed E-state index contributed by atoms with van der Waals surface area (Å²) in [6, 6.07) is 19.4. The lowest BCUT2D eigenvalue weighted by Gasteiger charge is -2.23. The summed E-state index contributed by atoms with van der Waals surface area (Å²) in [5.74, 6) is -4.29. The number of carbonyl (C=O) groups excluding carboxylic acids is 4. The van der Waals surface area contributed by atoms with Crippen LogP contribution >= 0.6 is 0 Å². The number of rotatable bonds is 4. The Morgan fingerprint density at radius 3 is 1.28 bits per heavy atom. The monoisotopic (exact) mass is 482 g/mol. The Kier molecular flexibility index (Phi) is 5.69. The Balaban J connectivity index is 1.62. The summed E-state index contributed by atoms with van der Waals surface area (Å²) in [5, 5.41) is 5.01. The van der Waals surface area contributed by atoms with Gasteiger partial charge < -0.3 is 10.6 Å². The van der Waals surface area contributed by atoms with Gasteiger partial charge in [-0.05, 0) is 36.4 Å². The maximum absolute atomic E-state index is 14.2. The molecule has 0 aromatic heterocycles. The molecule has 4 aromatic rings. The topological polar surface area (TPSA) is 92.3 Å². The molecule has 0 saturated carbocycles. The van der Waals surface area contributed by atoms with Gasteiger partial charge in [-0.2, -0.15) is 0 Å². The number of benzene rings is 4. The Morgan fingerprint density at radius 2 is 0.889 bits per heavy atom. The second-order valence-corrected chi connectivity index (χ2v) is 7.98. The van der Waals surface area contributed by atoms with E-state index >= 15 is 0 Å². The molecule has 0 atom stereocenters. The molecule has 0 radical (unpaired) electrons. The van der Waals surface area contributed by atoms with E-state index in [0.29, 0.717) is 0 Å². The van der Waals surface area contributed by atoms with Crippen molar-refractivity contribution in [1.82, 2.24) is 0 Å². The van der Waals surface area contributed by atoms with Crippen molar-refractivity contribution in [1.29, 1.82) is 0 Å². The molecule has 2 amide bonds.